The largest absolute Gasteiger partial charge is 0.496 e. The summed E-state index contributed by atoms with van der Waals surface area (Å²) < 4.78 is 11.3. The monoisotopic (exact) mass is 377 g/mol. The van der Waals surface area contributed by atoms with Crippen LogP contribution in [0.2, 0.25) is 0 Å². The molecule has 2 heterocycles. The van der Waals surface area contributed by atoms with Gasteiger partial charge in [-0.05, 0) is 76.6 Å². The number of aryl methyl sites for hydroxylation is 1. The van der Waals surface area contributed by atoms with Crippen LogP contribution in [0.5, 0.6) is 5.75 Å². The normalized spacial score (nSPS) is 21.6. The summed E-state index contributed by atoms with van der Waals surface area (Å²) >= 11 is 5.82. The number of thiocarbonyl (C=S) groups is 1. The number of methoxy groups -OCH3 is 1. The first-order chi connectivity index (χ1) is 12.6. The van der Waals surface area contributed by atoms with E-state index < -0.39 is 0 Å². The zero-order valence-corrected chi connectivity index (χ0v) is 17.0. The van der Waals surface area contributed by atoms with Gasteiger partial charge in [-0.15, -0.1) is 0 Å². The Labute approximate surface area is 162 Å². The second-order valence-corrected chi connectivity index (χ2v) is 7.82. The highest BCUT2D eigenvalue weighted by molar-refractivity contribution is 7.80. The van der Waals surface area contributed by atoms with E-state index in [0.717, 1.165) is 74.0 Å². The van der Waals surface area contributed by atoms with E-state index in [4.69, 9.17) is 21.7 Å². The lowest BCUT2D eigenvalue weighted by Gasteiger charge is -2.39. The van der Waals surface area contributed by atoms with Gasteiger partial charge in [0, 0.05) is 30.9 Å². The van der Waals surface area contributed by atoms with Gasteiger partial charge in [0.25, 0.3) is 0 Å². The molecule has 1 atom stereocenters. The molecule has 0 aromatic heterocycles. The summed E-state index contributed by atoms with van der Waals surface area (Å²) in [7, 11) is 3.89. The lowest BCUT2D eigenvalue weighted by Crippen LogP contribution is -2.50. The van der Waals surface area contributed by atoms with Crippen molar-refractivity contribution in [1.82, 2.24) is 9.80 Å². The lowest BCUT2D eigenvalue weighted by molar-refractivity contribution is 0.0724. The smallest absolute Gasteiger partial charge is 0.173 e. The molecule has 5 nitrogen and oxygen atoms in total. The van der Waals surface area contributed by atoms with Crippen LogP contribution in [0.3, 0.4) is 0 Å². The van der Waals surface area contributed by atoms with E-state index in [1.807, 2.05) is 13.0 Å². The van der Waals surface area contributed by atoms with Crippen LogP contribution in [0.1, 0.15) is 31.2 Å². The van der Waals surface area contributed by atoms with Crippen LogP contribution in [-0.4, -0.2) is 67.5 Å². The quantitative estimate of drug-likeness (QED) is 0.794. The van der Waals surface area contributed by atoms with Crippen LogP contribution < -0.4 is 10.1 Å². The zero-order valence-electron chi connectivity index (χ0n) is 16.2. The maximum Gasteiger partial charge on any atom is 0.173 e. The van der Waals surface area contributed by atoms with Crippen molar-refractivity contribution in [3.63, 3.8) is 0 Å². The first-order valence-electron chi connectivity index (χ1n) is 9.59. The molecule has 0 bridgehead atoms. The van der Waals surface area contributed by atoms with Crippen molar-refractivity contribution in [2.45, 2.75) is 44.8 Å². The van der Waals surface area contributed by atoms with Gasteiger partial charge in [-0.25, -0.2) is 0 Å². The average molecular weight is 378 g/mol. The third-order valence-corrected chi connectivity index (χ3v) is 5.81. The number of nitrogens with one attached hydrogen (secondary N) is 1. The molecular formula is C20H31N3O2S. The molecule has 1 N–H and O–H groups in total. The Kier molecular flexibility index (Phi) is 6.73. The number of benzene rings is 1. The van der Waals surface area contributed by atoms with Crippen molar-refractivity contribution >= 4 is 23.0 Å². The van der Waals surface area contributed by atoms with Crippen molar-refractivity contribution in [2.75, 3.05) is 45.7 Å². The number of piperidine rings is 1. The molecule has 0 radical (unpaired) electrons. The second kappa shape index (κ2) is 9.02. The Morgan fingerprint density at radius 1 is 1.35 bits per heavy atom. The predicted molar refractivity (Wildman–Crippen MR) is 110 cm³/mol. The standard InChI is InChI=1S/C20H31N3O2S/c1-15-6-7-16(13-19(15)24-3)21-20(26)23(14-18-5-4-12-25-18)17-8-10-22(2)11-9-17/h6-7,13,17-18H,4-5,8-12,14H2,1-3H3,(H,21,26). The second-order valence-electron chi connectivity index (χ2n) is 7.44. The third kappa shape index (κ3) is 4.87. The maximum atomic E-state index is 5.89. The molecule has 0 amide bonds. The number of likely N-dealkylation sites (tertiary alicyclic amines) is 1. The van der Waals surface area contributed by atoms with E-state index in [9.17, 15) is 0 Å². The van der Waals surface area contributed by atoms with Crippen LogP contribution in [-0.2, 0) is 4.74 Å². The molecule has 6 heteroatoms. The van der Waals surface area contributed by atoms with Gasteiger partial charge in [0.05, 0.1) is 13.2 Å². The Bertz CT molecular complexity index is 611. The van der Waals surface area contributed by atoms with Crippen LogP contribution in [0, 0.1) is 6.92 Å². The minimum absolute atomic E-state index is 0.293. The molecule has 2 saturated heterocycles. The van der Waals surface area contributed by atoms with E-state index in [2.05, 4.69) is 34.3 Å². The molecule has 26 heavy (non-hydrogen) atoms. The Morgan fingerprint density at radius 3 is 2.77 bits per heavy atom. The van der Waals surface area contributed by atoms with Gasteiger partial charge in [0.2, 0.25) is 0 Å². The number of anilines is 1. The highest BCUT2D eigenvalue weighted by atomic mass is 32.1. The number of rotatable bonds is 5. The molecule has 2 fully saturated rings. The SMILES string of the molecule is COc1cc(NC(=S)N(CC2CCCO2)C2CCN(C)CC2)ccc1C. The molecule has 1 aromatic carbocycles. The van der Waals surface area contributed by atoms with Crippen molar-refractivity contribution in [3.8, 4) is 5.75 Å². The molecule has 144 valence electrons. The van der Waals surface area contributed by atoms with Gasteiger partial charge < -0.3 is 24.6 Å². The first-order valence-corrected chi connectivity index (χ1v) is 10.00. The van der Waals surface area contributed by atoms with Crippen LogP contribution >= 0.6 is 12.2 Å². The average Bonchev–Trinajstić information content (AvgIpc) is 3.15. The molecule has 0 aliphatic carbocycles. The van der Waals surface area contributed by atoms with Gasteiger partial charge in [-0.2, -0.15) is 0 Å². The summed E-state index contributed by atoms with van der Waals surface area (Å²) in [4.78, 5) is 4.76. The number of hydrogen-bond donors (Lipinski definition) is 1. The molecule has 1 aromatic rings. The molecule has 2 aliphatic heterocycles. The summed E-state index contributed by atoms with van der Waals surface area (Å²) in [5, 5.41) is 4.23. The summed E-state index contributed by atoms with van der Waals surface area (Å²) in [6.07, 6.45) is 4.86. The molecular weight excluding hydrogens is 346 g/mol. The summed E-state index contributed by atoms with van der Waals surface area (Å²) in [5.74, 6) is 0.878. The molecule has 1 unspecified atom stereocenters. The summed E-state index contributed by atoms with van der Waals surface area (Å²) in [6.45, 7) is 6.04. The fraction of sp³-hybridized carbons (Fsp3) is 0.650. The molecule has 2 aliphatic rings. The topological polar surface area (TPSA) is 37.0 Å². The van der Waals surface area contributed by atoms with E-state index in [1.165, 1.54) is 0 Å². The van der Waals surface area contributed by atoms with Crippen LogP contribution in [0.15, 0.2) is 18.2 Å². The van der Waals surface area contributed by atoms with Gasteiger partial charge in [0.15, 0.2) is 5.11 Å². The van der Waals surface area contributed by atoms with E-state index in [1.54, 1.807) is 7.11 Å². The fourth-order valence-corrected chi connectivity index (χ4v) is 4.15. The van der Waals surface area contributed by atoms with Crippen molar-refractivity contribution in [2.24, 2.45) is 0 Å². The highest BCUT2D eigenvalue weighted by Gasteiger charge is 2.29. The minimum Gasteiger partial charge on any atom is -0.496 e. The molecule has 0 spiro atoms. The number of nitrogens with zero attached hydrogens (tertiary/aromatic N) is 2. The molecule has 0 saturated carbocycles. The summed E-state index contributed by atoms with van der Waals surface area (Å²) in [5.41, 5.74) is 2.10. The number of ether oxygens (including phenoxy) is 2. The van der Waals surface area contributed by atoms with E-state index in [-0.39, 0.29) is 0 Å². The predicted octanol–water partition coefficient (Wildman–Crippen LogP) is 3.28. The lowest BCUT2D eigenvalue weighted by atomic mass is 10.0. The first kappa shape index (κ1) is 19.4. The highest BCUT2D eigenvalue weighted by Crippen LogP contribution is 2.24. The minimum atomic E-state index is 0.293. The van der Waals surface area contributed by atoms with Crippen LogP contribution in [0.4, 0.5) is 5.69 Å². The Morgan fingerprint density at radius 2 is 2.12 bits per heavy atom. The zero-order chi connectivity index (χ0) is 18.5. The van der Waals surface area contributed by atoms with E-state index >= 15 is 0 Å². The third-order valence-electron chi connectivity index (χ3n) is 5.47. The van der Waals surface area contributed by atoms with Crippen LogP contribution in [0.25, 0.3) is 0 Å². The van der Waals surface area contributed by atoms with Gasteiger partial charge in [0.1, 0.15) is 5.75 Å². The number of hydrogen-bond acceptors (Lipinski definition) is 4. The summed E-state index contributed by atoms with van der Waals surface area (Å²) in [6, 6.07) is 6.61. The maximum absolute atomic E-state index is 5.89. The molecule has 3 rings (SSSR count). The Hall–Kier alpha value is -1.37. The van der Waals surface area contributed by atoms with Gasteiger partial charge in [-0.1, -0.05) is 6.07 Å². The fourth-order valence-electron chi connectivity index (χ4n) is 3.81. The van der Waals surface area contributed by atoms with E-state index in [0.29, 0.717) is 12.1 Å². The van der Waals surface area contributed by atoms with Gasteiger partial charge >= 0.3 is 0 Å². The van der Waals surface area contributed by atoms with Crippen molar-refractivity contribution in [3.05, 3.63) is 23.8 Å². The Balaban J connectivity index is 1.71. The van der Waals surface area contributed by atoms with Crippen molar-refractivity contribution in [1.29, 1.82) is 0 Å². The van der Waals surface area contributed by atoms with Gasteiger partial charge in [-0.3, -0.25) is 0 Å². The van der Waals surface area contributed by atoms with Crippen molar-refractivity contribution < 1.29 is 9.47 Å².